The van der Waals surface area contributed by atoms with E-state index in [0.717, 1.165) is 36.8 Å². The van der Waals surface area contributed by atoms with Crippen molar-refractivity contribution in [1.82, 2.24) is 14.5 Å². The van der Waals surface area contributed by atoms with Gasteiger partial charge in [0.25, 0.3) is 11.8 Å². The Morgan fingerprint density at radius 3 is 2.52 bits per heavy atom. The van der Waals surface area contributed by atoms with Gasteiger partial charge in [0.1, 0.15) is 5.69 Å². The Kier molecular flexibility index (Phi) is 5.67. The third kappa shape index (κ3) is 4.05. The van der Waals surface area contributed by atoms with E-state index in [1.807, 2.05) is 46.1 Å². The summed E-state index contributed by atoms with van der Waals surface area (Å²) in [6.45, 7) is 1.59. The number of aromatic nitrogens is 2. The SMILES string of the molecule is CSc1ncc(C(=O)Nc2cccc(C(=O)N3CCCC3)c2)n1-c1ccccc1. The minimum Gasteiger partial charge on any atom is -0.339 e. The molecular weight excluding hydrogens is 384 g/mol. The number of para-hydroxylation sites is 1. The zero-order valence-electron chi connectivity index (χ0n) is 16.2. The number of hydrogen-bond acceptors (Lipinski definition) is 4. The lowest BCUT2D eigenvalue weighted by Gasteiger charge is -2.16. The van der Waals surface area contributed by atoms with Gasteiger partial charge in [0.05, 0.1) is 6.20 Å². The molecular formula is C22H22N4O2S. The number of nitrogens with zero attached hydrogens (tertiary/aromatic N) is 3. The summed E-state index contributed by atoms with van der Waals surface area (Å²) in [5.41, 5.74) is 2.49. The standard InChI is InChI=1S/C22H22N4O2S/c1-29-22-23-15-19(26(22)18-10-3-2-4-11-18)20(27)24-17-9-7-8-16(14-17)21(28)25-12-5-6-13-25/h2-4,7-11,14-15H,5-6,12-13H2,1H3,(H,24,27). The van der Waals surface area contributed by atoms with E-state index in [0.29, 0.717) is 16.9 Å². The van der Waals surface area contributed by atoms with Crippen molar-refractivity contribution in [3.05, 3.63) is 72.1 Å². The molecule has 0 atom stereocenters. The van der Waals surface area contributed by atoms with Crippen LogP contribution in [-0.2, 0) is 0 Å². The molecule has 29 heavy (non-hydrogen) atoms. The van der Waals surface area contributed by atoms with Gasteiger partial charge >= 0.3 is 0 Å². The molecule has 1 fully saturated rings. The van der Waals surface area contributed by atoms with Crippen LogP contribution in [0.2, 0.25) is 0 Å². The monoisotopic (exact) mass is 406 g/mol. The fraction of sp³-hybridized carbons (Fsp3) is 0.227. The smallest absolute Gasteiger partial charge is 0.274 e. The average Bonchev–Trinajstić information content (AvgIpc) is 3.44. The van der Waals surface area contributed by atoms with E-state index >= 15 is 0 Å². The summed E-state index contributed by atoms with van der Waals surface area (Å²) in [6, 6.07) is 16.8. The molecule has 0 spiro atoms. The van der Waals surface area contributed by atoms with Gasteiger partial charge in [-0.05, 0) is 49.4 Å². The van der Waals surface area contributed by atoms with Crippen molar-refractivity contribution in [2.75, 3.05) is 24.7 Å². The summed E-state index contributed by atoms with van der Waals surface area (Å²) >= 11 is 1.48. The van der Waals surface area contributed by atoms with Crippen LogP contribution in [0, 0.1) is 0 Å². The largest absolute Gasteiger partial charge is 0.339 e. The molecule has 148 valence electrons. The number of thioether (sulfide) groups is 1. The summed E-state index contributed by atoms with van der Waals surface area (Å²) in [5, 5.41) is 3.65. The molecule has 1 aliphatic rings. The minimum atomic E-state index is -0.271. The summed E-state index contributed by atoms with van der Waals surface area (Å²) in [4.78, 5) is 31.9. The van der Waals surface area contributed by atoms with E-state index in [1.165, 1.54) is 11.8 Å². The first-order valence-corrected chi connectivity index (χ1v) is 10.8. The predicted octanol–water partition coefficient (Wildman–Crippen LogP) is 4.08. The van der Waals surface area contributed by atoms with E-state index in [2.05, 4.69) is 10.3 Å². The highest BCUT2D eigenvalue weighted by molar-refractivity contribution is 7.98. The maximum atomic E-state index is 13.0. The zero-order valence-corrected chi connectivity index (χ0v) is 17.0. The van der Waals surface area contributed by atoms with Gasteiger partial charge in [0.15, 0.2) is 5.16 Å². The van der Waals surface area contributed by atoms with Crippen LogP contribution in [0.15, 0.2) is 66.0 Å². The molecule has 1 aromatic heterocycles. The highest BCUT2D eigenvalue weighted by atomic mass is 32.2. The van der Waals surface area contributed by atoms with Gasteiger partial charge in [0, 0.05) is 30.0 Å². The quantitative estimate of drug-likeness (QED) is 0.648. The number of carbonyl (C=O) groups is 2. The molecule has 2 aromatic carbocycles. The Hall–Kier alpha value is -3.06. The fourth-order valence-corrected chi connectivity index (χ4v) is 4.04. The molecule has 6 nitrogen and oxygen atoms in total. The van der Waals surface area contributed by atoms with Crippen LogP contribution in [-0.4, -0.2) is 45.6 Å². The highest BCUT2D eigenvalue weighted by Gasteiger charge is 2.21. The Labute approximate surface area is 173 Å². The molecule has 1 saturated heterocycles. The second-order valence-electron chi connectivity index (χ2n) is 6.84. The molecule has 7 heteroatoms. The van der Waals surface area contributed by atoms with Crippen molar-refractivity contribution < 1.29 is 9.59 Å². The van der Waals surface area contributed by atoms with E-state index in [-0.39, 0.29) is 11.8 Å². The molecule has 0 bridgehead atoms. The molecule has 0 saturated carbocycles. The van der Waals surface area contributed by atoms with Gasteiger partial charge in [-0.25, -0.2) is 4.98 Å². The number of benzene rings is 2. The summed E-state index contributed by atoms with van der Waals surface area (Å²) in [6.07, 6.45) is 5.59. The number of carbonyl (C=O) groups excluding carboxylic acids is 2. The van der Waals surface area contributed by atoms with Crippen molar-refractivity contribution in [1.29, 1.82) is 0 Å². The fourth-order valence-electron chi connectivity index (χ4n) is 3.49. The van der Waals surface area contributed by atoms with Crippen LogP contribution < -0.4 is 5.32 Å². The number of anilines is 1. The maximum Gasteiger partial charge on any atom is 0.274 e. The van der Waals surface area contributed by atoms with Gasteiger partial charge in [-0.15, -0.1) is 0 Å². The van der Waals surface area contributed by atoms with Crippen molar-refractivity contribution in [2.24, 2.45) is 0 Å². The first kappa shape index (κ1) is 19.3. The summed E-state index contributed by atoms with van der Waals surface area (Å²) in [7, 11) is 0. The van der Waals surface area contributed by atoms with E-state index in [9.17, 15) is 9.59 Å². The number of rotatable bonds is 5. The van der Waals surface area contributed by atoms with Gasteiger partial charge < -0.3 is 10.2 Å². The second kappa shape index (κ2) is 8.53. The average molecular weight is 407 g/mol. The minimum absolute atomic E-state index is 0.0117. The van der Waals surface area contributed by atoms with Crippen molar-refractivity contribution in [3.63, 3.8) is 0 Å². The zero-order chi connectivity index (χ0) is 20.2. The number of imidazole rings is 1. The molecule has 3 aromatic rings. The van der Waals surface area contributed by atoms with Crippen LogP contribution in [0.25, 0.3) is 5.69 Å². The van der Waals surface area contributed by atoms with E-state index < -0.39 is 0 Å². The first-order chi connectivity index (χ1) is 14.2. The molecule has 0 aliphatic carbocycles. The van der Waals surface area contributed by atoms with Gasteiger partial charge in [0.2, 0.25) is 0 Å². The van der Waals surface area contributed by atoms with Crippen molar-refractivity contribution in [2.45, 2.75) is 18.0 Å². The van der Waals surface area contributed by atoms with Crippen molar-refractivity contribution >= 4 is 29.3 Å². The Balaban J connectivity index is 1.58. The first-order valence-electron chi connectivity index (χ1n) is 9.55. The normalized spacial score (nSPS) is 13.5. The third-order valence-corrected chi connectivity index (χ3v) is 5.57. The highest BCUT2D eigenvalue weighted by Crippen LogP contribution is 2.23. The van der Waals surface area contributed by atoms with Crippen molar-refractivity contribution in [3.8, 4) is 5.69 Å². The Morgan fingerprint density at radius 2 is 1.79 bits per heavy atom. The maximum absolute atomic E-state index is 13.0. The van der Waals surface area contributed by atoms with Crippen LogP contribution in [0.3, 0.4) is 0 Å². The van der Waals surface area contributed by atoms with Crippen LogP contribution >= 0.6 is 11.8 Å². The van der Waals surface area contributed by atoms with Crippen LogP contribution in [0.4, 0.5) is 5.69 Å². The lowest BCUT2D eigenvalue weighted by Crippen LogP contribution is -2.27. The van der Waals surface area contributed by atoms with Gasteiger partial charge in [-0.2, -0.15) is 0 Å². The van der Waals surface area contributed by atoms with Crippen LogP contribution in [0.5, 0.6) is 0 Å². The topological polar surface area (TPSA) is 67.2 Å². The van der Waals surface area contributed by atoms with Gasteiger partial charge in [-0.3, -0.25) is 14.2 Å². The molecule has 2 amide bonds. The lowest BCUT2D eigenvalue weighted by molar-refractivity contribution is 0.0792. The third-order valence-electron chi connectivity index (χ3n) is 4.92. The number of amides is 2. The Morgan fingerprint density at radius 1 is 1.03 bits per heavy atom. The van der Waals surface area contributed by atoms with E-state index in [4.69, 9.17) is 0 Å². The molecule has 1 aliphatic heterocycles. The molecule has 0 radical (unpaired) electrons. The van der Waals surface area contributed by atoms with E-state index in [1.54, 1.807) is 30.5 Å². The molecule has 2 heterocycles. The molecule has 0 unspecified atom stereocenters. The summed E-state index contributed by atoms with van der Waals surface area (Å²) in [5.74, 6) is -0.259. The van der Waals surface area contributed by atoms with Crippen LogP contribution in [0.1, 0.15) is 33.7 Å². The summed E-state index contributed by atoms with van der Waals surface area (Å²) < 4.78 is 1.83. The number of nitrogens with one attached hydrogen (secondary N) is 1. The number of hydrogen-bond donors (Lipinski definition) is 1. The molecule has 4 rings (SSSR count). The Bertz CT molecular complexity index is 1030. The lowest BCUT2D eigenvalue weighted by atomic mass is 10.1. The number of likely N-dealkylation sites (tertiary alicyclic amines) is 1. The predicted molar refractivity (Wildman–Crippen MR) is 115 cm³/mol. The van der Waals surface area contributed by atoms with Gasteiger partial charge in [-0.1, -0.05) is 36.0 Å². The second-order valence-corrected chi connectivity index (χ2v) is 7.61. The molecule has 1 N–H and O–H groups in total.